The molecule has 0 saturated heterocycles. The Hall–Kier alpha value is -2.08. The van der Waals surface area contributed by atoms with Crippen molar-refractivity contribution in [1.82, 2.24) is 14.8 Å². The van der Waals surface area contributed by atoms with Crippen molar-refractivity contribution in [2.45, 2.75) is 6.54 Å². The Morgan fingerprint density at radius 2 is 2.37 bits per heavy atom. The van der Waals surface area contributed by atoms with Crippen LogP contribution in [0.25, 0.3) is 10.2 Å². The van der Waals surface area contributed by atoms with E-state index in [4.69, 9.17) is 4.74 Å². The van der Waals surface area contributed by atoms with Crippen molar-refractivity contribution in [3.63, 3.8) is 0 Å². The Bertz CT molecular complexity index is 662. The third-order valence-corrected chi connectivity index (χ3v) is 3.75. The Morgan fingerprint density at radius 3 is 3.16 bits per heavy atom. The molecule has 1 aromatic carbocycles. The third kappa shape index (κ3) is 2.68. The molecule has 0 aliphatic heterocycles. The van der Waals surface area contributed by atoms with Crippen LogP contribution in [0.5, 0.6) is 5.75 Å². The maximum atomic E-state index is 5.21. The predicted molar refractivity (Wildman–Crippen MR) is 76.9 cm³/mol. The molecule has 0 radical (unpaired) electrons. The smallest absolute Gasteiger partial charge is 0.183 e. The second-order valence-corrected chi connectivity index (χ2v) is 5.08. The van der Waals surface area contributed by atoms with E-state index >= 15 is 0 Å². The zero-order valence-electron chi connectivity index (χ0n) is 10.5. The molecule has 0 saturated carbocycles. The normalized spacial score (nSPS) is 10.8. The van der Waals surface area contributed by atoms with Crippen LogP contribution >= 0.6 is 11.3 Å². The quantitative estimate of drug-likeness (QED) is 0.777. The summed E-state index contributed by atoms with van der Waals surface area (Å²) in [5, 5.41) is 8.40. The molecular formula is C13H14N4OS. The van der Waals surface area contributed by atoms with Gasteiger partial charge in [0.05, 0.1) is 23.9 Å². The summed E-state index contributed by atoms with van der Waals surface area (Å²) in [4.78, 5) is 4.53. The highest BCUT2D eigenvalue weighted by molar-refractivity contribution is 7.22. The number of fused-ring (bicyclic) bond motifs is 1. The van der Waals surface area contributed by atoms with Gasteiger partial charge in [0.2, 0.25) is 0 Å². The molecule has 1 N–H and O–H groups in total. The van der Waals surface area contributed by atoms with E-state index in [0.29, 0.717) is 0 Å². The molecule has 0 amide bonds. The minimum absolute atomic E-state index is 0.804. The first-order valence-electron chi connectivity index (χ1n) is 6.01. The van der Waals surface area contributed by atoms with E-state index < -0.39 is 0 Å². The first kappa shape index (κ1) is 12.0. The molecule has 3 aromatic rings. The fraction of sp³-hybridized carbons (Fsp3) is 0.231. The number of nitrogens with one attached hydrogen (secondary N) is 1. The number of rotatable bonds is 5. The van der Waals surface area contributed by atoms with E-state index in [2.05, 4.69) is 15.4 Å². The van der Waals surface area contributed by atoms with Gasteiger partial charge >= 0.3 is 0 Å². The molecule has 6 heteroatoms. The molecule has 0 aliphatic rings. The van der Waals surface area contributed by atoms with Gasteiger partial charge in [-0.3, -0.25) is 4.68 Å². The molecule has 0 aliphatic carbocycles. The number of nitrogens with zero attached hydrogens (tertiary/aromatic N) is 3. The Balaban J connectivity index is 1.67. The zero-order chi connectivity index (χ0) is 13.1. The van der Waals surface area contributed by atoms with Gasteiger partial charge in [-0.1, -0.05) is 11.3 Å². The molecule has 2 heterocycles. The molecule has 0 unspecified atom stereocenters. The van der Waals surface area contributed by atoms with E-state index in [1.165, 1.54) is 0 Å². The lowest BCUT2D eigenvalue weighted by molar-refractivity contribution is 0.415. The summed E-state index contributed by atoms with van der Waals surface area (Å²) in [5.41, 5.74) is 0.993. The summed E-state index contributed by atoms with van der Waals surface area (Å²) in [7, 11) is 1.67. The van der Waals surface area contributed by atoms with Gasteiger partial charge in [0.15, 0.2) is 5.13 Å². The Kier molecular flexibility index (Phi) is 3.33. The lowest BCUT2D eigenvalue weighted by Crippen LogP contribution is -2.10. The van der Waals surface area contributed by atoms with Crippen LogP contribution in [0.3, 0.4) is 0 Å². The van der Waals surface area contributed by atoms with E-state index in [1.807, 2.05) is 35.1 Å². The highest BCUT2D eigenvalue weighted by Crippen LogP contribution is 2.28. The molecule has 5 nitrogen and oxygen atoms in total. The van der Waals surface area contributed by atoms with Crippen LogP contribution in [0.1, 0.15) is 0 Å². The van der Waals surface area contributed by atoms with E-state index in [9.17, 15) is 0 Å². The fourth-order valence-corrected chi connectivity index (χ4v) is 2.74. The topological polar surface area (TPSA) is 52.0 Å². The van der Waals surface area contributed by atoms with Crippen molar-refractivity contribution < 1.29 is 4.74 Å². The number of benzene rings is 1. The average Bonchev–Trinajstić information content (AvgIpc) is 3.06. The van der Waals surface area contributed by atoms with Gasteiger partial charge in [-0.05, 0) is 24.3 Å². The van der Waals surface area contributed by atoms with Crippen molar-refractivity contribution in [1.29, 1.82) is 0 Å². The van der Waals surface area contributed by atoms with Gasteiger partial charge in [0, 0.05) is 18.9 Å². The largest absolute Gasteiger partial charge is 0.497 e. The van der Waals surface area contributed by atoms with Gasteiger partial charge in [-0.2, -0.15) is 5.10 Å². The fourth-order valence-electron chi connectivity index (χ4n) is 1.82. The average molecular weight is 274 g/mol. The minimum atomic E-state index is 0.804. The molecular weight excluding hydrogens is 260 g/mol. The summed E-state index contributed by atoms with van der Waals surface area (Å²) in [6.45, 7) is 1.63. The molecule has 0 bridgehead atoms. The van der Waals surface area contributed by atoms with Crippen molar-refractivity contribution in [2.75, 3.05) is 19.0 Å². The second-order valence-electron chi connectivity index (χ2n) is 4.05. The van der Waals surface area contributed by atoms with Gasteiger partial charge in [-0.15, -0.1) is 0 Å². The van der Waals surface area contributed by atoms with Crippen LogP contribution in [-0.4, -0.2) is 28.4 Å². The molecule has 19 heavy (non-hydrogen) atoms. The van der Waals surface area contributed by atoms with E-state index in [-0.39, 0.29) is 0 Å². The maximum absolute atomic E-state index is 5.21. The second kappa shape index (κ2) is 5.27. The number of hydrogen-bond donors (Lipinski definition) is 1. The number of thiazole rings is 1. The molecule has 0 spiro atoms. The summed E-state index contributed by atoms with van der Waals surface area (Å²) >= 11 is 1.63. The zero-order valence-corrected chi connectivity index (χ0v) is 11.4. The molecule has 3 rings (SSSR count). The number of anilines is 1. The van der Waals surface area contributed by atoms with Crippen molar-refractivity contribution in [3.05, 3.63) is 36.7 Å². The molecule has 0 atom stereocenters. The highest BCUT2D eigenvalue weighted by Gasteiger charge is 2.04. The lowest BCUT2D eigenvalue weighted by atomic mass is 10.3. The Morgan fingerprint density at radius 1 is 1.42 bits per heavy atom. The third-order valence-electron chi connectivity index (χ3n) is 2.77. The van der Waals surface area contributed by atoms with Crippen LogP contribution in [0.4, 0.5) is 5.13 Å². The van der Waals surface area contributed by atoms with Gasteiger partial charge in [-0.25, -0.2) is 4.98 Å². The summed E-state index contributed by atoms with van der Waals surface area (Å²) in [5.74, 6) is 0.860. The van der Waals surface area contributed by atoms with Crippen LogP contribution < -0.4 is 10.1 Å². The lowest BCUT2D eigenvalue weighted by Gasteiger charge is -2.02. The maximum Gasteiger partial charge on any atom is 0.183 e. The van der Waals surface area contributed by atoms with Gasteiger partial charge in [0.1, 0.15) is 5.75 Å². The van der Waals surface area contributed by atoms with Crippen LogP contribution in [-0.2, 0) is 6.54 Å². The molecule has 0 fully saturated rings. The molecule has 98 valence electrons. The first-order chi connectivity index (χ1) is 9.35. The van der Waals surface area contributed by atoms with Crippen LogP contribution in [0.15, 0.2) is 36.7 Å². The molecule has 2 aromatic heterocycles. The van der Waals surface area contributed by atoms with Gasteiger partial charge < -0.3 is 10.1 Å². The first-order valence-corrected chi connectivity index (χ1v) is 6.83. The SMILES string of the molecule is COc1ccc2nc(NCCn3cccn3)sc2c1. The number of methoxy groups -OCH3 is 1. The van der Waals surface area contributed by atoms with E-state index in [0.717, 1.165) is 34.2 Å². The highest BCUT2D eigenvalue weighted by atomic mass is 32.1. The van der Waals surface area contributed by atoms with Crippen molar-refractivity contribution in [3.8, 4) is 5.75 Å². The Labute approximate surface area is 114 Å². The van der Waals surface area contributed by atoms with Crippen LogP contribution in [0.2, 0.25) is 0 Å². The monoisotopic (exact) mass is 274 g/mol. The van der Waals surface area contributed by atoms with Crippen molar-refractivity contribution in [2.24, 2.45) is 0 Å². The summed E-state index contributed by atoms with van der Waals surface area (Å²) < 4.78 is 8.23. The predicted octanol–water partition coefficient (Wildman–Crippen LogP) is 2.61. The van der Waals surface area contributed by atoms with E-state index in [1.54, 1.807) is 24.6 Å². The number of ether oxygens (including phenoxy) is 1. The van der Waals surface area contributed by atoms with Crippen molar-refractivity contribution >= 4 is 26.7 Å². The summed E-state index contributed by atoms with van der Waals surface area (Å²) in [6.07, 6.45) is 3.73. The van der Waals surface area contributed by atoms with Gasteiger partial charge in [0.25, 0.3) is 0 Å². The minimum Gasteiger partial charge on any atom is -0.497 e. The number of hydrogen-bond acceptors (Lipinski definition) is 5. The summed E-state index contributed by atoms with van der Waals surface area (Å²) in [6, 6.07) is 7.83. The number of aromatic nitrogens is 3. The standard InChI is InChI=1S/C13H14N4OS/c1-18-10-3-4-11-12(9-10)19-13(16-11)14-6-8-17-7-2-5-15-17/h2-5,7,9H,6,8H2,1H3,(H,14,16). The van der Waals surface area contributed by atoms with Crippen LogP contribution in [0, 0.1) is 0 Å².